The number of nitrogens with one attached hydrogen (secondary N) is 1. The Kier molecular flexibility index (Phi) is 6.30. The maximum atomic E-state index is 13.4. The second-order valence-corrected chi connectivity index (χ2v) is 7.82. The average molecular weight is 494 g/mol. The summed E-state index contributed by atoms with van der Waals surface area (Å²) < 4.78 is 4.95. The quantitative estimate of drug-likeness (QED) is 0.174. The van der Waals surface area contributed by atoms with Gasteiger partial charge >= 0.3 is 5.69 Å². The SMILES string of the molecule is COc1cc(Cl)c(NC(=O)C(C(=O)c2ccccc2)N2C(=O)c3ccccc3C2=O)cc1[N+](=O)[O-]. The first-order chi connectivity index (χ1) is 16.7. The van der Waals surface area contributed by atoms with Crippen LogP contribution in [0.15, 0.2) is 66.7 Å². The number of anilines is 1. The van der Waals surface area contributed by atoms with Crippen molar-refractivity contribution in [1.29, 1.82) is 0 Å². The smallest absolute Gasteiger partial charge is 0.313 e. The summed E-state index contributed by atoms with van der Waals surface area (Å²) in [5.41, 5.74) is -0.509. The molecule has 176 valence electrons. The number of benzene rings is 3. The lowest BCUT2D eigenvalue weighted by molar-refractivity contribution is -0.385. The molecule has 3 amide bonds. The van der Waals surface area contributed by atoms with Crippen molar-refractivity contribution in [1.82, 2.24) is 4.90 Å². The number of nitrogens with zero attached hydrogens (tertiary/aromatic N) is 2. The molecule has 1 unspecified atom stereocenters. The number of ketones is 1. The summed E-state index contributed by atoms with van der Waals surface area (Å²) in [6, 6.07) is 13.8. The Bertz CT molecular complexity index is 1360. The topological polar surface area (TPSA) is 136 Å². The molecular formula is C24H16ClN3O7. The highest BCUT2D eigenvalue weighted by Gasteiger charge is 2.46. The number of rotatable bonds is 7. The van der Waals surface area contributed by atoms with Gasteiger partial charge in [0.25, 0.3) is 17.7 Å². The monoisotopic (exact) mass is 493 g/mol. The number of amides is 3. The Morgan fingerprint density at radius 2 is 1.57 bits per heavy atom. The summed E-state index contributed by atoms with van der Waals surface area (Å²) >= 11 is 6.17. The molecule has 1 aliphatic heterocycles. The third kappa shape index (κ3) is 4.22. The maximum absolute atomic E-state index is 13.4. The average Bonchev–Trinajstić information content (AvgIpc) is 3.11. The highest BCUT2D eigenvalue weighted by molar-refractivity contribution is 6.35. The zero-order valence-corrected chi connectivity index (χ0v) is 18.8. The summed E-state index contributed by atoms with van der Waals surface area (Å²) in [5.74, 6) is -3.68. The van der Waals surface area contributed by atoms with Crippen LogP contribution in [0.2, 0.25) is 5.02 Å². The molecule has 0 fully saturated rings. The van der Waals surface area contributed by atoms with E-state index in [1.165, 1.54) is 31.4 Å². The fraction of sp³-hybridized carbons (Fsp3) is 0.0833. The van der Waals surface area contributed by atoms with Crippen LogP contribution in [0.1, 0.15) is 31.1 Å². The highest BCUT2D eigenvalue weighted by atomic mass is 35.5. The van der Waals surface area contributed by atoms with Gasteiger partial charge in [0.1, 0.15) is 0 Å². The number of methoxy groups -OCH3 is 1. The van der Waals surface area contributed by atoms with E-state index in [-0.39, 0.29) is 33.1 Å². The Balaban J connectivity index is 1.77. The molecule has 35 heavy (non-hydrogen) atoms. The van der Waals surface area contributed by atoms with Gasteiger partial charge in [-0.1, -0.05) is 54.1 Å². The number of Topliss-reactive ketones (excluding diaryl/α,β-unsaturated/α-hetero) is 1. The number of halogens is 1. The van der Waals surface area contributed by atoms with Gasteiger partial charge in [-0.15, -0.1) is 0 Å². The molecular weight excluding hydrogens is 478 g/mol. The van der Waals surface area contributed by atoms with E-state index in [4.69, 9.17) is 16.3 Å². The van der Waals surface area contributed by atoms with Crippen LogP contribution in [0.4, 0.5) is 11.4 Å². The van der Waals surface area contributed by atoms with Crippen LogP contribution in [0.3, 0.4) is 0 Å². The molecule has 10 nitrogen and oxygen atoms in total. The molecule has 0 spiro atoms. The predicted octanol–water partition coefficient (Wildman–Crippen LogP) is 3.74. The van der Waals surface area contributed by atoms with E-state index < -0.39 is 40.2 Å². The highest BCUT2D eigenvalue weighted by Crippen LogP contribution is 2.36. The van der Waals surface area contributed by atoms with Crippen LogP contribution in [-0.4, -0.2) is 46.5 Å². The normalized spacial score (nSPS) is 13.3. The fourth-order valence-electron chi connectivity index (χ4n) is 3.70. The first-order valence-corrected chi connectivity index (χ1v) is 10.5. The van der Waals surface area contributed by atoms with E-state index in [1.807, 2.05) is 0 Å². The van der Waals surface area contributed by atoms with Crippen LogP contribution >= 0.6 is 11.6 Å². The van der Waals surface area contributed by atoms with Crippen molar-refractivity contribution in [3.8, 4) is 5.75 Å². The van der Waals surface area contributed by atoms with E-state index in [2.05, 4.69) is 5.32 Å². The largest absolute Gasteiger partial charge is 0.490 e. The van der Waals surface area contributed by atoms with Gasteiger partial charge in [-0.05, 0) is 12.1 Å². The number of imide groups is 1. The van der Waals surface area contributed by atoms with E-state index in [9.17, 15) is 29.3 Å². The summed E-state index contributed by atoms with van der Waals surface area (Å²) in [4.78, 5) is 64.2. The predicted molar refractivity (Wildman–Crippen MR) is 125 cm³/mol. The minimum atomic E-state index is -1.90. The molecule has 1 aliphatic rings. The molecule has 0 radical (unpaired) electrons. The summed E-state index contributed by atoms with van der Waals surface area (Å²) in [6.07, 6.45) is 0. The van der Waals surface area contributed by atoms with E-state index in [0.717, 1.165) is 12.1 Å². The van der Waals surface area contributed by atoms with Crippen molar-refractivity contribution in [2.75, 3.05) is 12.4 Å². The number of hydrogen-bond donors (Lipinski definition) is 1. The van der Waals surface area contributed by atoms with Gasteiger partial charge in [-0.2, -0.15) is 0 Å². The minimum Gasteiger partial charge on any atom is -0.490 e. The van der Waals surface area contributed by atoms with Gasteiger partial charge in [0.05, 0.1) is 33.9 Å². The molecule has 0 saturated carbocycles. The van der Waals surface area contributed by atoms with Gasteiger partial charge in [0.2, 0.25) is 0 Å². The van der Waals surface area contributed by atoms with Gasteiger partial charge in [-0.25, -0.2) is 0 Å². The van der Waals surface area contributed by atoms with E-state index in [0.29, 0.717) is 4.90 Å². The number of nitro benzene ring substituents is 1. The third-order valence-corrected chi connectivity index (χ3v) is 5.67. The van der Waals surface area contributed by atoms with Crippen LogP contribution < -0.4 is 10.1 Å². The van der Waals surface area contributed by atoms with Gasteiger partial charge in [0.15, 0.2) is 17.6 Å². The lowest BCUT2D eigenvalue weighted by atomic mass is 10.0. The van der Waals surface area contributed by atoms with Gasteiger partial charge < -0.3 is 10.1 Å². The fourth-order valence-corrected chi connectivity index (χ4v) is 3.90. The first kappa shape index (κ1) is 23.6. The number of fused-ring (bicyclic) bond motifs is 1. The van der Waals surface area contributed by atoms with E-state index >= 15 is 0 Å². The Morgan fingerprint density at radius 1 is 1.00 bits per heavy atom. The number of carbonyl (C=O) groups is 4. The van der Waals surface area contributed by atoms with Gasteiger partial charge in [0, 0.05) is 17.7 Å². The van der Waals surface area contributed by atoms with Crippen LogP contribution in [0.5, 0.6) is 5.75 Å². The molecule has 3 aromatic rings. The summed E-state index contributed by atoms with van der Waals surface area (Å²) in [7, 11) is 1.22. The van der Waals surface area contributed by atoms with Crippen molar-refractivity contribution < 1.29 is 28.8 Å². The Hall–Kier alpha value is -4.57. The van der Waals surface area contributed by atoms with Crippen LogP contribution in [0.25, 0.3) is 0 Å². The van der Waals surface area contributed by atoms with Crippen LogP contribution in [-0.2, 0) is 4.79 Å². The lowest BCUT2D eigenvalue weighted by Gasteiger charge is -2.24. The Morgan fingerprint density at radius 3 is 2.11 bits per heavy atom. The molecule has 0 aromatic heterocycles. The zero-order valence-electron chi connectivity index (χ0n) is 18.1. The Labute approximate surface area is 203 Å². The molecule has 11 heteroatoms. The standard InChI is InChI=1S/C24H16ClN3O7/c1-35-19-11-16(25)17(12-18(19)28(33)34)26-22(30)20(21(29)13-7-3-2-4-8-13)27-23(31)14-9-5-6-10-15(14)24(27)32/h2-12,20H,1H3,(H,26,30). The number of nitro groups is 1. The summed E-state index contributed by atoms with van der Waals surface area (Å²) in [5, 5.41) is 13.6. The third-order valence-electron chi connectivity index (χ3n) is 5.36. The van der Waals surface area contributed by atoms with Gasteiger partial charge in [-0.3, -0.25) is 34.2 Å². The van der Waals surface area contributed by atoms with Crippen molar-refractivity contribution in [2.24, 2.45) is 0 Å². The van der Waals surface area contributed by atoms with Crippen LogP contribution in [0, 0.1) is 10.1 Å². The molecule has 1 heterocycles. The molecule has 0 bridgehead atoms. The first-order valence-electron chi connectivity index (χ1n) is 10.1. The molecule has 1 N–H and O–H groups in total. The van der Waals surface area contributed by atoms with Crippen molar-refractivity contribution in [3.63, 3.8) is 0 Å². The molecule has 0 aliphatic carbocycles. The minimum absolute atomic E-state index is 0.0503. The molecule has 0 saturated heterocycles. The van der Waals surface area contributed by atoms with Crippen molar-refractivity contribution in [3.05, 3.63) is 98.6 Å². The van der Waals surface area contributed by atoms with Crippen molar-refractivity contribution in [2.45, 2.75) is 6.04 Å². The maximum Gasteiger partial charge on any atom is 0.313 e. The number of hydrogen-bond acceptors (Lipinski definition) is 7. The molecule has 3 aromatic carbocycles. The number of ether oxygens (including phenoxy) is 1. The molecule has 4 rings (SSSR count). The zero-order chi connectivity index (χ0) is 25.3. The number of carbonyl (C=O) groups excluding carboxylic acids is 4. The second-order valence-electron chi connectivity index (χ2n) is 7.41. The van der Waals surface area contributed by atoms with E-state index in [1.54, 1.807) is 30.3 Å². The second kappa shape index (κ2) is 9.35. The molecule has 1 atom stereocenters. The van der Waals surface area contributed by atoms with Crippen molar-refractivity contribution >= 4 is 46.5 Å². The lowest BCUT2D eigenvalue weighted by Crippen LogP contribution is -2.52. The summed E-state index contributed by atoms with van der Waals surface area (Å²) in [6.45, 7) is 0.